The molecule has 112 valence electrons. The summed E-state index contributed by atoms with van der Waals surface area (Å²) in [6, 6.07) is 7.46. The quantitative estimate of drug-likeness (QED) is 0.724. The van der Waals surface area contributed by atoms with E-state index in [0.717, 1.165) is 16.9 Å². The number of nitrogens with zero attached hydrogens (tertiary/aromatic N) is 4. The SMILES string of the molecule is CCC(=O)Nc1ccc(NC=C(C#N)c2nn[nH]n2)c(C)c1. The van der Waals surface area contributed by atoms with Crippen molar-refractivity contribution in [2.24, 2.45) is 0 Å². The van der Waals surface area contributed by atoms with E-state index in [-0.39, 0.29) is 17.3 Å². The number of carbonyl (C=O) groups excluding carboxylic acids is 1. The predicted octanol–water partition coefficient (Wildman–Crippen LogP) is 1.83. The van der Waals surface area contributed by atoms with E-state index < -0.39 is 0 Å². The van der Waals surface area contributed by atoms with E-state index in [4.69, 9.17) is 5.26 Å². The van der Waals surface area contributed by atoms with Crippen molar-refractivity contribution in [2.45, 2.75) is 20.3 Å². The summed E-state index contributed by atoms with van der Waals surface area (Å²) in [5, 5.41) is 28.1. The Bertz CT molecular complexity index is 728. The largest absolute Gasteiger partial charge is 0.360 e. The minimum atomic E-state index is -0.0381. The van der Waals surface area contributed by atoms with E-state index in [1.807, 2.05) is 25.1 Å². The van der Waals surface area contributed by atoms with Crippen LogP contribution in [-0.4, -0.2) is 26.5 Å². The number of hydrogen-bond acceptors (Lipinski definition) is 6. The van der Waals surface area contributed by atoms with Gasteiger partial charge < -0.3 is 10.6 Å². The lowest BCUT2D eigenvalue weighted by atomic mass is 10.1. The summed E-state index contributed by atoms with van der Waals surface area (Å²) in [4.78, 5) is 11.4. The molecule has 1 heterocycles. The molecule has 2 rings (SSSR count). The summed E-state index contributed by atoms with van der Waals surface area (Å²) in [6.07, 6.45) is 1.94. The van der Waals surface area contributed by atoms with Crippen LogP contribution in [0.3, 0.4) is 0 Å². The van der Waals surface area contributed by atoms with E-state index in [0.29, 0.717) is 6.42 Å². The normalized spacial score (nSPS) is 10.9. The molecule has 2 aromatic rings. The van der Waals surface area contributed by atoms with Gasteiger partial charge in [-0.25, -0.2) is 0 Å². The molecule has 1 amide bonds. The third-order valence-electron chi connectivity index (χ3n) is 2.91. The van der Waals surface area contributed by atoms with Gasteiger partial charge in [-0.15, -0.1) is 10.2 Å². The lowest BCUT2D eigenvalue weighted by molar-refractivity contribution is -0.115. The van der Waals surface area contributed by atoms with Gasteiger partial charge in [0.1, 0.15) is 11.6 Å². The molecule has 0 saturated carbocycles. The van der Waals surface area contributed by atoms with Crippen LogP contribution in [0.4, 0.5) is 11.4 Å². The lowest BCUT2D eigenvalue weighted by Crippen LogP contribution is -2.09. The smallest absolute Gasteiger partial charge is 0.224 e. The van der Waals surface area contributed by atoms with Crippen molar-refractivity contribution in [1.29, 1.82) is 5.26 Å². The van der Waals surface area contributed by atoms with Crippen LogP contribution in [0.25, 0.3) is 5.57 Å². The molecule has 1 aromatic carbocycles. The van der Waals surface area contributed by atoms with Crippen molar-refractivity contribution < 1.29 is 4.79 Å². The summed E-state index contributed by atoms with van der Waals surface area (Å²) in [5.74, 6) is 0.184. The van der Waals surface area contributed by atoms with Gasteiger partial charge in [0.05, 0.1) is 0 Å². The van der Waals surface area contributed by atoms with Crippen molar-refractivity contribution >= 4 is 22.9 Å². The Morgan fingerprint density at radius 2 is 2.32 bits per heavy atom. The summed E-state index contributed by atoms with van der Waals surface area (Å²) in [5.41, 5.74) is 2.73. The van der Waals surface area contributed by atoms with Gasteiger partial charge in [0.25, 0.3) is 0 Å². The fraction of sp³-hybridized carbons (Fsp3) is 0.214. The molecular weight excluding hydrogens is 282 g/mol. The Balaban J connectivity index is 2.13. The first-order chi connectivity index (χ1) is 10.6. The molecule has 0 aliphatic heterocycles. The van der Waals surface area contributed by atoms with Crippen LogP contribution in [0.2, 0.25) is 0 Å². The molecule has 0 saturated heterocycles. The number of aromatic amines is 1. The number of H-pyrrole nitrogens is 1. The van der Waals surface area contributed by atoms with E-state index in [2.05, 4.69) is 31.3 Å². The number of hydrogen-bond donors (Lipinski definition) is 3. The number of allylic oxidation sites excluding steroid dienone is 1. The first-order valence-corrected chi connectivity index (χ1v) is 6.65. The highest BCUT2D eigenvalue weighted by molar-refractivity contribution is 5.90. The van der Waals surface area contributed by atoms with Crippen LogP contribution in [0.5, 0.6) is 0 Å². The van der Waals surface area contributed by atoms with Crippen molar-refractivity contribution in [2.75, 3.05) is 10.6 Å². The highest BCUT2D eigenvalue weighted by Crippen LogP contribution is 2.20. The summed E-state index contributed by atoms with van der Waals surface area (Å²) in [6.45, 7) is 3.70. The van der Waals surface area contributed by atoms with Crippen LogP contribution in [0.15, 0.2) is 24.4 Å². The zero-order chi connectivity index (χ0) is 15.9. The second kappa shape index (κ2) is 6.99. The zero-order valence-electron chi connectivity index (χ0n) is 12.2. The molecular formula is C14H15N7O. The molecule has 0 unspecified atom stereocenters. The number of nitrogens with one attached hydrogen (secondary N) is 3. The average Bonchev–Trinajstić information content (AvgIpc) is 3.04. The average molecular weight is 297 g/mol. The molecule has 1 aromatic heterocycles. The summed E-state index contributed by atoms with van der Waals surface area (Å²) < 4.78 is 0. The minimum absolute atomic E-state index is 0.0381. The molecule has 8 nitrogen and oxygen atoms in total. The fourth-order valence-corrected chi connectivity index (χ4v) is 1.73. The predicted molar refractivity (Wildman–Crippen MR) is 81.5 cm³/mol. The zero-order valence-corrected chi connectivity index (χ0v) is 12.2. The van der Waals surface area contributed by atoms with E-state index in [9.17, 15) is 4.79 Å². The van der Waals surface area contributed by atoms with Gasteiger partial charge >= 0.3 is 0 Å². The number of benzene rings is 1. The molecule has 0 bridgehead atoms. The highest BCUT2D eigenvalue weighted by Gasteiger charge is 2.06. The van der Waals surface area contributed by atoms with Gasteiger partial charge in [-0.2, -0.15) is 10.5 Å². The summed E-state index contributed by atoms with van der Waals surface area (Å²) >= 11 is 0. The van der Waals surface area contributed by atoms with Crippen molar-refractivity contribution in [3.63, 3.8) is 0 Å². The Morgan fingerprint density at radius 1 is 1.50 bits per heavy atom. The van der Waals surface area contributed by atoms with Crippen molar-refractivity contribution in [1.82, 2.24) is 20.6 Å². The third kappa shape index (κ3) is 3.67. The van der Waals surface area contributed by atoms with Gasteiger partial charge in [-0.1, -0.05) is 6.92 Å². The van der Waals surface area contributed by atoms with E-state index in [1.165, 1.54) is 6.20 Å². The van der Waals surface area contributed by atoms with Gasteiger partial charge in [-0.05, 0) is 35.9 Å². The van der Waals surface area contributed by atoms with Crippen molar-refractivity contribution in [3.05, 3.63) is 35.8 Å². The maximum absolute atomic E-state index is 11.4. The molecule has 0 fully saturated rings. The maximum atomic E-state index is 11.4. The van der Waals surface area contributed by atoms with Crippen LogP contribution < -0.4 is 10.6 Å². The minimum Gasteiger partial charge on any atom is -0.360 e. The number of amides is 1. The number of nitriles is 1. The molecule has 0 atom stereocenters. The molecule has 8 heteroatoms. The van der Waals surface area contributed by atoms with E-state index >= 15 is 0 Å². The standard InChI is InChI=1S/C14H15N7O/c1-3-13(22)17-11-4-5-12(9(2)6-11)16-8-10(7-15)14-18-20-21-19-14/h4-6,8,16H,3H2,1-2H3,(H,17,22)(H,18,19,20,21). The topological polar surface area (TPSA) is 119 Å². The Kier molecular flexibility index (Phi) is 4.82. The number of tetrazole rings is 1. The lowest BCUT2D eigenvalue weighted by Gasteiger charge is -2.09. The van der Waals surface area contributed by atoms with Crippen LogP contribution in [0.1, 0.15) is 24.7 Å². The first kappa shape index (κ1) is 15.2. The monoisotopic (exact) mass is 297 g/mol. The van der Waals surface area contributed by atoms with Crippen LogP contribution in [-0.2, 0) is 4.79 Å². The highest BCUT2D eigenvalue weighted by atomic mass is 16.1. The maximum Gasteiger partial charge on any atom is 0.224 e. The van der Waals surface area contributed by atoms with Crippen molar-refractivity contribution in [3.8, 4) is 6.07 Å². The van der Waals surface area contributed by atoms with Gasteiger partial charge in [0.15, 0.2) is 0 Å². The number of anilines is 2. The molecule has 0 radical (unpaired) electrons. The molecule has 22 heavy (non-hydrogen) atoms. The molecule has 0 aliphatic carbocycles. The Morgan fingerprint density at radius 3 is 2.91 bits per heavy atom. The number of aryl methyl sites for hydroxylation is 1. The second-order valence-corrected chi connectivity index (χ2v) is 4.48. The molecule has 3 N–H and O–H groups in total. The van der Waals surface area contributed by atoms with Gasteiger partial charge in [0.2, 0.25) is 11.7 Å². The third-order valence-corrected chi connectivity index (χ3v) is 2.91. The molecule has 0 spiro atoms. The fourth-order valence-electron chi connectivity index (χ4n) is 1.73. The summed E-state index contributed by atoms with van der Waals surface area (Å²) in [7, 11) is 0. The molecule has 0 aliphatic rings. The van der Waals surface area contributed by atoms with Gasteiger partial charge in [-0.3, -0.25) is 4.79 Å². The Labute approximate surface area is 127 Å². The number of rotatable bonds is 5. The Hall–Kier alpha value is -3.21. The van der Waals surface area contributed by atoms with Crippen LogP contribution >= 0.6 is 0 Å². The van der Waals surface area contributed by atoms with Gasteiger partial charge in [0, 0.05) is 24.0 Å². The van der Waals surface area contributed by atoms with Crippen LogP contribution in [0, 0.1) is 18.3 Å². The first-order valence-electron chi connectivity index (χ1n) is 6.65. The van der Waals surface area contributed by atoms with E-state index in [1.54, 1.807) is 13.0 Å². The second-order valence-electron chi connectivity index (χ2n) is 4.48. The number of aromatic nitrogens is 4. The number of carbonyl (C=O) groups is 1.